The van der Waals surface area contributed by atoms with E-state index in [1.807, 2.05) is 22.6 Å². The van der Waals surface area contributed by atoms with Crippen LogP contribution in [0.25, 0.3) is 0 Å². The molecule has 254 valence electrons. The van der Waals surface area contributed by atoms with Gasteiger partial charge in [0.2, 0.25) is 0 Å². The highest BCUT2D eigenvalue weighted by atomic mass is 127. The first-order valence-corrected chi connectivity index (χ1v) is 15.1. The zero-order chi connectivity index (χ0) is 34.0. The van der Waals surface area contributed by atoms with Gasteiger partial charge in [-0.05, 0) is 84.7 Å². The highest BCUT2D eigenvalue weighted by Gasteiger charge is 2.37. The van der Waals surface area contributed by atoms with Gasteiger partial charge in [-0.1, -0.05) is 30.3 Å². The van der Waals surface area contributed by atoms with Gasteiger partial charge < -0.3 is 24.1 Å². The van der Waals surface area contributed by atoms with Crippen LogP contribution in [0.5, 0.6) is 17.2 Å². The molecule has 2 saturated heterocycles. The SMILES string of the molecule is FC(F)(F)c1cccc(I)c1OC1CCCCO1.FC(F)(F)c1ccccc1OC1CCCCO1.Oc1ccccc1C(F)(F)F. The summed E-state index contributed by atoms with van der Waals surface area (Å²) >= 11 is 1.84. The molecule has 0 saturated carbocycles. The first-order valence-electron chi connectivity index (χ1n) is 14.0. The maximum absolute atomic E-state index is 12.9. The van der Waals surface area contributed by atoms with Gasteiger partial charge in [0, 0.05) is 12.8 Å². The Morgan fingerprint density at radius 1 is 0.587 bits per heavy atom. The van der Waals surface area contributed by atoms with Crippen molar-refractivity contribution in [3.8, 4) is 17.2 Å². The number of phenols is 1. The second-order valence-electron chi connectivity index (χ2n) is 9.95. The van der Waals surface area contributed by atoms with Crippen molar-refractivity contribution in [3.05, 3.63) is 87.0 Å². The molecule has 0 spiro atoms. The predicted octanol–water partition coefficient (Wildman–Crippen LogP) is 10.2. The van der Waals surface area contributed by atoms with Gasteiger partial charge >= 0.3 is 18.5 Å². The molecule has 0 bridgehead atoms. The van der Waals surface area contributed by atoms with E-state index in [-0.39, 0.29) is 11.5 Å². The Labute approximate surface area is 272 Å². The van der Waals surface area contributed by atoms with E-state index in [2.05, 4.69) is 0 Å². The molecule has 0 radical (unpaired) electrons. The number of hydrogen-bond acceptors (Lipinski definition) is 5. The van der Waals surface area contributed by atoms with Crippen LogP contribution in [-0.4, -0.2) is 30.9 Å². The van der Waals surface area contributed by atoms with Gasteiger partial charge in [-0.15, -0.1) is 0 Å². The zero-order valence-electron chi connectivity index (χ0n) is 24.0. The Kier molecular flexibility index (Phi) is 13.7. The number of rotatable bonds is 4. The fourth-order valence-electron chi connectivity index (χ4n) is 4.25. The van der Waals surface area contributed by atoms with Crippen LogP contribution in [0.1, 0.15) is 55.2 Å². The van der Waals surface area contributed by atoms with E-state index in [9.17, 15) is 39.5 Å². The van der Waals surface area contributed by atoms with E-state index in [0.29, 0.717) is 29.6 Å². The Hall–Kier alpha value is -2.92. The fourth-order valence-corrected chi connectivity index (χ4v) is 4.88. The number of benzene rings is 3. The van der Waals surface area contributed by atoms with Crippen molar-refractivity contribution < 1.29 is 63.6 Å². The summed E-state index contributed by atoms with van der Waals surface area (Å²) in [6, 6.07) is 13.6. The van der Waals surface area contributed by atoms with Gasteiger partial charge in [-0.3, -0.25) is 0 Å². The Bertz CT molecular complexity index is 1370. The molecule has 3 aromatic carbocycles. The summed E-state index contributed by atoms with van der Waals surface area (Å²) in [4.78, 5) is 0. The summed E-state index contributed by atoms with van der Waals surface area (Å²) in [5.74, 6) is -1.02. The molecular formula is C31H30F9IO5. The molecule has 2 unspecified atom stereocenters. The number of halogens is 10. The van der Waals surface area contributed by atoms with Crippen LogP contribution in [0, 0.1) is 3.57 Å². The molecule has 2 aliphatic heterocycles. The summed E-state index contributed by atoms with van der Waals surface area (Å²) in [6.45, 7) is 1.08. The first-order chi connectivity index (χ1) is 21.6. The Morgan fingerprint density at radius 3 is 1.54 bits per heavy atom. The van der Waals surface area contributed by atoms with E-state index in [1.54, 1.807) is 6.07 Å². The maximum atomic E-state index is 12.9. The monoisotopic (exact) mass is 780 g/mol. The van der Waals surface area contributed by atoms with Crippen LogP contribution in [-0.2, 0) is 28.0 Å². The van der Waals surface area contributed by atoms with Gasteiger partial charge in [-0.25, -0.2) is 0 Å². The summed E-state index contributed by atoms with van der Waals surface area (Å²) in [5, 5.41) is 8.73. The highest BCUT2D eigenvalue weighted by molar-refractivity contribution is 14.1. The number of alkyl halides is 9. The molecule has 2 aliphatic rings. The second kappa shape index (κ2) is 16.8. The van der Waals surface area contributed by atoms with Gasteiger partial charge in [0.1, 0.15) is 17.2 Å². The second-order valence-corrected chi connectivity index (χ2v) is 11.1. The molecule has 2 atom stereocenters. The van der Waals surface area contributed by atoms with E-state index in [4.69, 9.17) is 24.1 Å². The molecule has 0 amide bonds. The summed E-state index contributed by atoms with van der Waals surface area (Å²) in [6.07, 6.45) is -9.47. The standard InChI is InChI=1S/C12H12F3IO2.C12H13F3O2.C7H5F3O/c13-12(14,15)8-4-3-5-9(16)11(8)18-10-6-1-2-7-17-10;13-12(14,15)9-5-1-2-6-10(9)17-11-7-3-4-8-16-11;8-7(9,10)5-3-1-2-4-6(5)11/h3-5,10H,1-2,6-7H2;1-2,5-6,11H,3-4,7-8H2;1-4,11H. The third kappa shape index (κ3) is 11.7. The van der Waals surface area contributed by atoms with Crippen LogP contribution in [0.4, 0.5) is 39.5 Å². The molecule has 1 N–H and O–H groups in total. The lowest BCUT2D eigenvalue weighted by Crippen LogP contribution is -2.26. The lowest BCUT2D eigenvalue weighted by Gasteiger charge is -2.25. The van der Waals surface area contributed by atoms with Crippen LogP contribution in [0.2, 0.25) is 0 Å². The fraction of sp³-hybridized carbons (Fsp3) is 0.419. The average molecular weight is 780 g/mol. The zero-order valence-corrected chi connectivity index (χ0v) is 26.2. The van der Waals surface area contributed by atoms with Crippen LogP contribution in [0.3, 0.4) is 0 Å². The molecule has 5 rings (SSSR count). The van der Waals surface area contributed by atoms with Crippen LogP contribution in [0.15, 0.2) is 66.7 Å². The van der Waals surface area contributed by atoms with Crippen LogP contribution >= 0.6 is 22.6 Å². The minimum atomic E-state index is -4.47. The number of hydrogen-bond donors (Lipinski definition) is 1. The van der Waals surface area contributed by atoms with Crippen molar-refractivity contribution in [2.75, 3.05) is 13.2 Å². The lowest BCUT2D eigenvalue weighted by atomic mass is 10.2. The van der Waals surface area contributed by atoms with Crippen molar-refractivity contribution in [2.45, 2.75) is 69.6 Å². The van der Waals surface area contributed by atoms with Crippen LogP contribution < -0.4 is 9.47 Å². The van der Waals surface area contributed by atoms with E-state index in [1.165, 1.54) is 36.4 Å². The Morgan fingerprint density at radius 2 is 1.07 bits per heavy atom. The van der Waals surface area contributed by atoms with Crippen molar-refractivity contribution in [1.29, 1.82) is 0 Å². The third-order valence-corrected chi connectivity index (χ3v) is 7.31. The molecule has 5 nitrogen and oxygen atoms in total. The third-order valence-electron chi connectivity index (χ3n) is 6.46. The smallest absolute Gasteiger partial charge is 0.420 e. The molecule has 15 heteroatoms. The normalized spacial score (nSPS) is 18.7. The van der Waals surface area contributed by atoms with Crippen molar-refractivity contribution in [3.63, 3.8) is 0 Å². The summed E-state index contributed by atoms with van der Waals surface area (Å²) in [5.41, 5.74) is -2.50. The topological polar surface area (TPSA) is 57.2 Å². The maximum Gasteiger partial charge on any atom is 0.420 e. The minimum Gasteiger partial charge on any atom is -0.507 e. The molecule has 2 fully saturated rings. The molecule has 0 aromatic heterocycles. The lowest BCUT2D eigenvalue weighted by molar-refractivity contribution is -0.146. The van der Waals surface area contributed by atoms with E-state index in [0.717, 1.165) is 49.9 Å². The van der Waals surface area contributed by atoms with Crippen molar-refractivity contribution in [1.82, 2.24) is 0 Å². The largest absolute Gasteiger partial charge is 0.507 e. The Balaban J connectivity index is 0.000000194. The summed E-state index contributed by atoms with van der Waals surface area (Å²) in [7, 11) is 0. The van der Waals surface area contributed by atoms with Gasteiger partial charge in [-0.2, -0.15) is 39.5 Å². The van der Waals surface area contributed by atoms with E-state index < -0.39 is 53.5 Å². The molecule has 3 aromatic rings. The van der Waals surface area contributed by atoms with Gasteiger partial charge in [0.15, 0.2) is 12.6 Å². The van der Waals surface area contributed by atoms with E-state index >= 15 is 0 Å². The molecule has 2 heterocycles. The number of para-hydroxylation sites is 3. The quantitative estimate of drug-likeness (QED) is 0.211. The summed E-state index contributed by atoms with van der Waals surface area (Å²) < 4.78 is 134. The van der Waals surface area contributed by atoms with Gasteiger partial charge in [0.25, 0.3) is 0 Å². The van der Waals surface area contributed by atoms with Crippen molar-refractivity contribution in [2.24, 2.45) is 0 Å². The van der Waals surface area contributed by atoms with Crippen molar-refractivity contribution >= 4 is 22.6 Å². The molecule has 0 aliphatic carbocycles. The van der Waals surface area contributed by atoms with Gasteiger partial charge in [0.05, 0.1) is 33.5 Å². The first kappa shape index (κ1) is 37.5. The molecular weight excluding hydrogens is 750 g/mol. The number of ether oxygens (including phenoxy) is 4. The highest BCUT2D eigenvalue weighted by Crippen LogP contribution is 2.40. The molecule has 46 heavy (non-hydrogen) atoms. The number of aromatic hydroxyl groups is 1. The minimum absolute atomic E-state index is 0.127. The predicted molar refractivity (Wildman–Crippen MR) is 157 cm³/mol. The average Bonchev–Trinajstić information content (AvgIpc) is 2.99. The number of phenolic OH excluding ortho intramolecular Hbond substituents is 1.